The van der Waals surface area contributed by atoms with Crippen LogP contribution >= 0.6 is 15.9 Å². The molecular weight excluding hydrogens is 273 g/mol. The molecule has 0 N–H and O–H groups in total. The molecule has 0 spiro atoms. The third-order valence-corrected chi connectivity index (χ3v) is 3.12. The summed E-state index contributed by atoms with van der Waals surface area (Å²) in [5.41, 5.74) is 0. The summed E-state index contributed by atoms with van der Waals surface area (Å²) in [5, 5.41) is 0. The highest BCUT2D eigenvalue weighted by molar-refractivity contribution is 9.09. The van der Waals surface area contributed by atoms with Gasteiger partial charge in [0.1, 0.15) is 6.61 Å². The van der Waals surface area contributed by atoms with Gasteiger partial charge >= 0.3 is 6.18 Å². The van der Waals surface area contributed by atoms with Crippen LogP contribution in [0.3, 0.4) is 0 Å². The zero-order chi connectivity index (χ0) is 11.7. The summed E-state index contributed by atoms with van der Waals surface area (Å²) in [6, 6.07) is 0. The van der Waals surface area contributed by atoms with E-state index in [9.17, 15) is 13.2 Å². The molecule has 0 heterocycles. The highest BCUT2D eigenvalue weighted by Crippen LogP contribution is 2.16. The zero-order valence-corrected chi connectivity index (χ0v) is 10.5. The van der Waals surface area contributed by atoms with Crippen molar-refractivity contribution in [3.63, 3.8) is 0 Å². The molecule has 0 aromatic carbocycles. The molecule has 0 aliphatic heterocycles. The van der Waals surface area contributed by atoms with Gasteiger partial charge in [0.15, 0.2) is 0 Å². The normalized spacial score (nSPS) is 14.2. The summed E-state index contributed by atoms with van der Waals surface area (Å²) in [6.45, 7) is 1.19. The van der Waals surface area contributed by atoms with Gasteiger partial charge in [-0.25, -0.2) is 0 Å². The Bertz CT molecular complexity index is 150. The van der Waals surface area contributed by atoms with Crippen molar-refractivity contribution in [1.29, 1.82) is 0 Å². The molecule has 0 aliphatic carbocycles. The molecule has 0 saturated heterocycles. The highest BCUT2D eigenvalue weighted by atomic mass is 79.9. The SMILES string of the molecule is CCC(Br)CCCCCOCC(F)(F)F. The minimum Gasteiger partial charge on any atom is -0.372 e. The molecule has 0 radical (unpaired) electrons. The van der Waals surface area contributed by atoms with Crippen LogP contribution < -0.4 is 0 Å². The Kier molecular flexibility index (Phi) is 8.52. The molecule has 5 heteroatoms. The summed E-state index contributed by atoms with van der Waals surface area (Å²) in [4.78, 5) is 0.536. The standard InChI is InChI=1S/C10H18BrF3O/c1-2-9(11)6-4-3-5-7-15-8-10(12,13)14/h9H,2-8H2,1H3. The van der Waals surface area contributed by atoms with Crippen molar-refractivity contribution in [1.82, 2.24) is 0 Å². The number of unbranched alkanes of at least 4 members (excludes halogenated alkanes) is 2. The largest absolute Gasteiger partial charge is 0.411 e. The van der Waals surface area contributed by atoms with Gasteiger partial charge in [-0.05, 0) is 19.3 Å². The van der Waals surface area contributed by atoms with Crippen molar-refractivity contribution < 1.29 is 17.9 Å². The quantitative estimate of drug-likeness (QED) is 0.478. The van der Waals surface area contributed by atoms with E-state index in [1.807, 2.05) is 0 Å². The lowest BCUT2D eigenvalue weighted by molar-refractivity contribution is -0.174. The summed E-state index contributed by atoms with van der Waals surface area (Å²) in [5.74, 6) is 0. The molecule has 1 unspecified atom stereocenters. The third kappa shape index (κ3) is 12.2. The topological polar surface area (TPSA) is 9.23 Å². The Morgan fingerprint density at radius 3 is 2.40 bits per heavy atom. The number of ether oxygens (including phenoxy) is 1. The van der Waals surface area contributed by atoms with Crippen LogP contribution in [-0.2, 0) is 4.74 Å². The van der Waals surface area contributed by atoms with Crippen LogP contribution in [0.25, 0.3) is 0 Å². The van der Waals surface area contributed by atoms with Crippen LogP contribution in [0.4, 0.5) is 13.2 Å². The molecule has 0 aromatic rings. The average Bonchev–Trinajstić information content (AvgIpc) is 2.14. The van der Waals surface area contributed by atoms with Crippen molar-refractivity contribution >= 4 is 15.9 Å². The Labute approximate surface area is 97.5 Å². The average molecular weight is 291 g/mol. The van der Waals surface area contributed by atoms with Crippen molar-refractivity contribution in [3.8, 4) is 0 Å². The predicted molar refractivity (Wildman–Crippen MR) is 58.3 cm³/mol. The first-order valence-electron chi connectivity index (χ1n) is 5.24. The third-order valence-electron chi connectivity index (χ3n) is 2.01. The number of halogens is 4. The molecule has 0 saturated carbocycles. The predicted octanol–water partition coefficient (Wildman–Crippen LogP) is 4.30. The fourth-order valence-electron chi connectivity index (χ4n) is 1.14. The van der Waals surface area contributed by atoms with E-state index in [1.165, 1.54) is 0 Å². The first-order chi connectivity index (χ1) is 6.95. The fourth-order valence-corrected chi connectivity index (χ4v) is 1.46. The molecule has 0 amide bonds. The molecule has 1 nitrogen and oxygen atoms in total. The lowest BCUT2D eigenvalue weighted by Gasteiger charge is -2.08. The maximum Gasteiger partial charge on any atom is 0.411 e. The van der Waals surface area contributed by atoms with Crippen LogP contribution in [0.5, 0.6) is 0 Å². The second kappa shape index (κ2) is 8.39. The number of alkyl halides is 4. The van der Waals surface area contributed by atoms with Crippen molar-refractivity contribution in [3.05, 3.63) is 0 Å². The van der Waals surface area contributed by atoms with Crippen molar-refractivity contribution in [2.45, 2.75) is 50.0 Å². The summed E-state index contributed by atoms with van der Waals surface area (Å²) in [7, 11) is 0. The van der Waals surface area contributed by atoms with E-state index in [4.69, 9.17) is 0 Å². The van der Waals surface area contributed by atoms with Gasteiger partial charge in [0.25, 0.3) is 0 Å². The fraction of sp³-hybridized carbons (Fsp3) is 1.00. The van der Waals surface area contributed by atoms with Crippen LogP contribution in [0.1, 0.15) is 39.0 Å². The van der Waals surface area contributed by atoms with Gasteiger partial charge in [-0.3, -0.25) is 0 Å². The molecule has 0 aliphatic rings. The maximum atomic E-state index is 11.7. The van der Waals surface area contributed by atoms with E-state index >= 15 is 0 Å². The summed E-state index contributed by atoms with van der Waals surface area (Å²) < 4.78 is 39.4. The van der Waals surface area contributed by atoms with Gasteiger partial charge < -0.3 is 4.74 Å². The molecule has 92 valence electrons. The van der Waals surface area contributed by atoms with E-state index in [2.05, 4.69) is 27.6 Å². The Balaban J connectivity index is 3.12. The molecule has 0 rings (SSSR count). The lowest BCUT2D eigenvalue weighted by Crippen LogP contribution is -2.17. The monoisotopic (exact) mass is 290 g/mol. The van der Waals surface area contributed by atoms with Gasteiger partial charge in [-0.15, -0.1) is 0 Å². The molecular formula is C10H18BrF3O. The molecule has 0 fully saturated rings. The summed E-state index contributed by atoms with van der Waals surface area (Å²) >= 11 is 3.51. The van der Waals surface area contributed by atoms with Gasteiger partial charge in [-0.2, -0.15) is 13.2 Å². The second-order valence-corrected chi connectivity index (χ2v) is 4.82. The van der Waals surface area contributed by atoms with E-state index in [0.29, 0.717) is 11.2 Å². The van der Waals surface area contributed by atoms with E-state index in [1.54, 1.807) is 0 Å². The van der Waals surface area contributed by atoms with Crippen molar-refractivity contribution in [2.24, 2.45) is 0 Å². The Hall–Kier alpha value is 0.230. The minimum absolute atomic E-state index is 0.207. The zero-order valence-electron chi connectivity index (χ0n) is 8.95. The summed E-state index contributed by atoms with van der Waals surface area (Å²) in [6.07, 6.45) is 0.655. The molecule has 15 heavy (non-hydrogen) atoms. The number of hydrogen-bond donors (Lipinski definition) is 0. The Morgan fingerprint density at radius 2 is 1.87 bits per heavy atom. The first-order valence-corrected chi connectivity index (χ1v) is 6.16. The number of rotatable bonds is 8. The van der Waals surface area contributed by atoms with Crippen LogP contribution in [0.15, 0.2) is 0 Å². The first kappa shape index (κ1) is 15.2. The van der Waals surface area contributed by atoms with E-state index < -0.39 is 12.8 Å². The second-order valence-electron chi connectivity index (χ2n) is 3.52. The molecule has 1 atom stereocenters. The van der Waals surface area contributed by atoms with Crippen molar-refractivity contribution in [2.75, 3.05) is 13.2 Å². The van der Waals surface area contributed by atoms with Crippen LogP contribution in [0.2, 0.25) is 0 Å². The maximum absolute atomic E-state index is 11.7. The minimum atomic E-state index is -4.19. The number of hydrogen-bond acceptors (Lipinski definition) is 1. The van der Waals surface area contributed by atoms with Crippen LogP contribution in [-0.4, -0.2) is 24.2 Å². The Morgan fingerprint density at radius 1 is 1.20 bits per heavy atom. The van der Waals surface area contributed by atoms with E-state index in [0.717, 1.165) is 25.7 Å². The molecule has 0 bridgehead atoms. The van der Waals surface area contributed by atoms with Crippen LogP contribution in [0, 0.1) is 0 Å². The smallest absolute Gasteiger partial charge is 0.372 e. The lowest BCUT2D eigenvalue weighted by atomic mass is 10.1. The van der Waals surface area contributed by atoms with Gasteiger partial charge in [0.05, 0.1) is 0 Å². The van der Waals surface area contributed by atoms with E-state index in [-0.39, 0.29) is 6.61 Å². The molecule has 0 aromatic heterocycles. The van der Waals surface area contributed by atoms with Gasteiger partial charge in [0, 0.05) is 11.4 Å². The van der Waals surface area contributed by atoms with Gasteiger partial charge in [0.2, 0.25) is 0 Å². The van der Waals surface area contributed by atoms with Gasteiger partial charge in [-0.1, -0.05) is 35.7 Å². The highest BCUT2D eigenvalue weighted by Gasteiger charge is 2.27.